The van der Waals surface area contributed by atoms with Crippen LogP contribution in [0.15, 0.2) is 24.3 Å². The minimum Gasteiger partial charge on any atom is -0.334 e. The Bertz CT molecular complexity index is 493. The molecule has 2 amide bonds. The molecule has 5 heteroatoms. The van der Waals surface area contributed by atoms with Crippen molar-refractivity contribution in [1.82, 2.24) is 10.2 Å². The minimum atomic E-state index is -0.112. The number of carbonyl (C=O) groups is 2. The predicted octanol–water partition coefficient (Wildman–Crippen LogP) is 1.86. The van der Waals surface area contributed by atoms with Gasteiger partial charge in [0.2, 0.25) is 5.91 Å². The summed E-state index contributed by atoms with van der Waals surface area (Å²) in [5, 5.41) is 6.01. The summed E-state index contributed by atoms with van der Waals surface area (Å²) in [5.74, 6) is -0.0429. The second-order valence-electron chi connectivity index (χ2n) is 5.40. The molecule has 1 aromatic carbocycles. The lowest BCUT2D eigenvalue weighted by atomic mass is 10.1. The monoisotopic (exact) mass is 289 g/mol. The molecule has 2 N–H and O–H groups in total. The molecule has 1 saturated heterocycles. The number of amides is 2. The molecule has 1 unspecified atom stereocenters. The first-order chi connectivity index (χ1) is 10.1. The molecule has 0 saturated carbocycles. The SMILES string of the molecule is CCCN(C(=O)c1ccc(NC(C)=O)cc1)C1CCNC1. The van der Waals surface area contributed by atoms with E-state index in [2.05, 4.69) is 17.6 Å². The van der Waals surface area contributed by atoms with Crippen LogP contribution in [0.25, 0.3) is 0 Å². The molecule has 0 bridgehead atoms. The maximum absolute atomic E-state index is 12.7. The van der Waals surface area contributed by atoms with Crippen LogP contribution in [0.3, 0.4) is 0 Å². The van der Waals surface area contributed by atoms with Crippen molar-refractivity contribution in [3.8, 4) is 0 Å². The molecule has 114 valence electrons. The lowest BCUT2D eigenvalue weighted by Crippen LogP contribution is -2.42. The number of carbonyl (C=O) groups excluding carboxylic acids is 2. The van der Waals surface area contributed by atoms with E-state index in [0.717, 1.165) is 32.5 Å². The molecule has 1 fully saturated rings. The van der Waals surface area contributed by atoms with E-state index in [4.69, 9.17) is 0 Å². The van der Waals surface area contributed by atoms with Crippen LogP contribution >= 0.6 is 0 Å². The summed E-state index contributed by atoms with van der Waals surface area (Å²) in [4.78, 5) is 25.6. The highest BCUT2D eigenvalue weighted by Gasteiger charge is 2.26. The zero-order chi connectivity index (χ0) is 15.2. The maximum Gasteiger partial charge on any atom is 0.254 e. The molecule has 0 aliphatic carbocycles. The van der Waals surface area contributed by atoms with Crippen LogP contribution in [-0.2, 0) is 4.79 Å². The molecule has 1 aliphatic heterocycles. The number of hydrogen-bond donors (Lipinski definition) is 2. The highest BCUT2D eigenvalue weighted by atomic mass is 16.2. The standard InChI is InChI=1S/C16H23N3O2/c1-3-10-19(15-8-9-17-11-15)16(21)13-4-6-14(7-5-13)18-12(2)20/h4-7,15,17H,3,8-11H2,1-2H3,(H,18,20). The third-order valence-electron chi connectivity index (χ3n) is 3.65. The van der Waals surface area contributed by atoms with Crippen molar-refractivity contribution in [3.63, 3.8) is 0 Å². The molecule has 1 aromatic rings. The van der Waals surface area contributed by atoms with Crippen molar-refractivity contribution in [2.75, 3.05) is 25.0 Å². The van der Waals surface area contributed by atoms with E-state index in [1.165, 1.54) is 6.92 Å². The van der Waals surface area contributed by atoms with E-state index >= 15 is 0 Å². The summed E-state index contributed by atoms with van der Waals surface area (Å²) in [6.07, 6.45) is 1.96. The molecule has 21 heavy (non-hydrogen) atoms. The minimum absolute atomic E-state index is 0.0694. The lowest BCUT2D eigenvalue weighted by molar-refractivity contribution is -0.114. The van der Waals surface area contributed by atoms with Crippen LogP contribution in [0.2, 0.25) is 0 Å². The Morgan fingerprint density at radius 2 is 2.05 bits per heavy atom. The van der Waals surface area contributed by atoms with Crippen molar-refractivity contribution in [2.45, 2.75) is 32.7 Å². The normalized spacial score (nSPS) is 17.5. The Morgan fingerprint density at radius 1 is 1.33 bits per heavy atom. The molecule has 1 atom stereocenters. The van der Waals surface area contributed by atoms with Gasteiger partial charge in [0.15, 0.2) is 0 Å². The topological polar surface area (TPSA) is 61.4 Å². The molecule has 1 heterocycles. The highest BCUT2D eigenvalue weighted by molar-refractivity contribution is 5.95. The van der Waals surface area contributed by atoms with Crippen LogP contribution in [0.4, 0.5) is 5.69 Å². The van der Waals surface area contributed by atoms with Crippen molar-refractivity contribution < 1.29 is 9.59 Å². The average Bonchev–Trinajstić information content (AvgIpc) is 2.98. The van der Waals surface area contributed by atoms with Gasteiger partial charge < -0.3 is 15.5 Å². The fraction of sp³-hybridized carbons (Fsp3) is 0.500. The van der Waals surface area contributed by atoms with Crippen molar-refractivity contribution in [3.05, 3.63) is 29.8 Å². The highest BCUT2D eigenvalue weighted by Crippen LogP contribution is 2.16. The Balaban J connectivity index is 2.10. The molecule has 1 aliphatic rings. The Kier molecular flexibility index (Phi) is 5.33. The molecular weight excluding hydrogens is 266 g/mol. The number of nitrogens with zero attached hydrogens (tertiary/aromatic N) is 1. The summed E-state index contributed by atoms with van der Waals surface area (Å²) in [5.41, 5.74) is 1.38. The number of anilines is 1. The second kappa shape index (κ2) is 7.22. The number of nitrogens with one attached hydrogen (secondary N) is 2. The van der Waals surface area contributed by atoms with Gasteiger partial charge in [0.25, 0.3) is 5.91 Å². The third kappa shape index (κ3) is 4.04. The molecule has 5 nitrogen and oxygen atoms in total. The summed E-state index contributed by atoms with van der Waals surface area (Å²) >= 11 is 0. The molecular formula is C16H23N3O2. The Hall–Kier alpha value is -1.88. The van der Waals surface area contributed by atoms with Crippen LogP contribution < -0.4 is 10.6 Å². The van der Waals surface area contributed by atoms with Crippen molar-refractivity contribution in [1.29, 1.82) is 0 Å². The third-order valence-corrected chi connectivity index (χ3v) is 3.65. The zero-order valence-corrected chi connectivity index (χ0v) is 12.7. The van der Waals surface area contributed by atoms with Crippen LogP contribution in [0.5, 0.6) is 0 Å². The Labute approximate surface area is 125 Å². The first kappa shape index (κ1) is 15.5. The number of hydrogen-bond acceptors (Lipinski definition) is 3. The van der Waals surface area contributed by atoms with Gasteiger partial charge in [-0.15, -0.1) is 0 Å². The molecule has 0 spiro atoms. The summed E-state index contributed by atoms with van der Waals surface area (Å²) in [6, 6.07) is 7.38. The van der Waals surface area contributed by atoms with Crippen molar-refractivity contribution in [2.24, 2.45) is 0 Å². The van der Waals surface area contributed by atoms with Gasteiger partial charge in [0, 0.05) is 37.3 Å². The molecule has 2 rings (SSSR count). The van der Waals surface area contributed by atoms with E-state index in [0.29, 0.717) is 11.3 Å². The largest absolute Gasteiger partial charge is 0.334 e. The van der Waals surface area contributed by atoms with E-state index in [-0.39, 0.29) is 17.9 Å². The van der Waals surface area contributed by atoms with E-state index < -0.39 is 0 Å². The summed E-state index contributed by atoms with van der Waals surface area (Å²) < 4.78 is 0. The van der Waals surface area contributed by atoms with Gasteiger partial charge in [0.1, 0.15) is 0 Å². The van der Waals surface area contributed by atoms with Crippen molar-refractivity contribution >= 4 is 17.5 Å². The fourth-order valence-electron chi connectivity index (χ4n) is 2.66. The van der Waals surface area contributed by atoms with Gasteiger partial charge in [-0.2, -0.15) is 0 Å². The first-order valence-electron chi connectivity index (χ1n) is 7.51. The van der Waals surface area contributed by atoms with E-state index in [1.807, 2.05) is 4.90 Å². The lowest BCUT2D eigenvalue weighted by Gasteiger charge is -2.28. The van der Waals surface area contributed by atoms with Crippen LogP contribution in [-0.4, -0.2) is 42.4 Å². The van der Waals surface area contributed by atoms with Gasteiger partial charge >= 0.3 is 0 Å². The fourth-order valence-corrected chi connectivity index (χ4v) is 2.66. The van der Waals surface area contributed by atoms with Gasteiger partial charge in [0.05, 0.1) is 0 Å². The zero-order valence-electron chi connectivity index (χ0n) is 12.7. The average molecular weight is 289 g/mol. The smallest absolute Gasteiger partial charge is 0.254 e. The van der Waals surface area contributed by atoms with Gasteiger partial charge in [-0.25, -0.2) is 0 Å². The maximum atomic E-state index is 12.7. The summed E-state index contributed by atoms with van der Waals surface area (Å²) in [7, 11) is 0. The quantitative estimate of drug-likeness (QED) is 0.870. The number of benzene rings is 1. The number of rotatable bonds is 5. The Morgan fingerprint density at radius 3 is 2.57 bits per heavy atom. The van der Waals surface area contributed by atoms with E-state index in [1.54, 1.807) is 24.3 Å². The van der Waals surface area contributed by atoms with Gasteiger partial charge in [-0.3, -0.25) is 9.59 Å². The van der Waals surface area contributed by atoms with Crippen LogP contribution in [0.1, 0.15) is 37.0 Å². The second-order valence-corrected chi connectivity index (χ2v) is 5.40. The first-order valence-corrected chi connectivity index (χ1v) is 7.51. The van der Waals surface area contributed by atoms with E-state index in [9.17, 15) is 9.59 Å². The molecule has 0 radical (unpaired) electrons. The molecule has 0 aromatic heterocycles. The summed E-state index contributed by atoms with van der Waals surface area (Å²) in [6.45, 7) is 6.17. The van der Waals surface area contributed by atoms with Gasteiger partial charge in [-0.05, 0) is 43.7 Å². The van der Waals surface area contributed by atoms with Crippen LogP contribution in [0, 0.1) is 0 Å². The van der Waals surface area contributed by atoms with Gasteiger partial charge in [-0.1, -0.05) is 6.92 Å². The predicted molar refractivity (Wildman–Crippen MR) is 83.3 cm³/mol.